The molecule has 2 aromatic carbocycles. The Morgan fingerprint density at radius 3 is 2.66 bits per heavy atom. The molecular weight excluding hydrogens is 370 g/mol. The SMILES string of the molecule is COc1cccc(CNC(=O)N2CC[C@@]3(C2)C(=O)N(C)c2ccc(OC)cc23)c1. The van der Waals surface area contributed by atoms with Crippen molar-refractivity contribution in [1.82, 2.24) is 10.2 Å². The average molecular weight is 395 g/mol. The summed E-state index contributed by atoms with van der Waals surface area (Å²) < 4.78 is 10.6. The van der Waals surface area contributed by atoms with E-state index in [-0.39, 0.29) is 11.9 Å². The van der Waals surface area contributed by atoms with E-state index in [0.717, 1.165) is 22.6 Å². The number of nitrogens with zero attached hydrogens (tertiary/aromatic N) is 2. The maximum Gasteiger partial charge on any atom is 0.317 e. The van der Waals surface area contributed by atoms with Crippen molar-refractivity contribution < 1.29 is 19.1 Å². The smallest absolute Gasteiger partial charge is 0.317 e. The highest BCUT2D eigenvalue weighted by molar-refractivity contribution is 6.08. The van der Waals surface area contributed by atoms with Crippen LogP contribution in [0.1, 0.15) is 17.5 Å². The largest absolute Gasteiger partial charge is 0.497 e. The van der Waals surface area contributed by atoms with Gasteiger partial charge in [-0.25, -0.2) is 4.79 Å². The Kier molecular flexibility index (Phi) is 4.82. The summed E-state index contributed by atoms with van der Waals surface area (Å²) in [6.07, 6.45) is 0.600. The number of nitrogens with one attached hydrogen (secondary N) is 1. The van der Waals surface area contributed by atoms with Crippen molar-refractivity contribution >= 4 is 17.6 Å². The maximum atomic E-state index is 13.1. The van der Waals surface area contributed by atoms with Gasteiger partial charge in [-0.15, -0.1) is 0 Å². The Bertz CT molecular complexity index is 961. The molecule has 0 aliphatic carbocycles. The van der Waals surface area contributed by atoms with Crippen LogP contribution in [0.25, 0.3) is 0 Å². The summed E-state index contributed by atoms with van der Waals surface area (Å²) in [6, 6.07) is 13.1. The molecule has 1 atom stereocenters. The molecule has 0 radical (unpaired) electrons. The first-order chi connectivity index (χ1) is 14.0. The summed E-state index contributed by atoms with van der Waals surface area (Å²) in [4.78, 5) is 29.3. The second-order valence-corrected chi connectivity index (χ2v) is 7.51. The lowest BCUT2D eigenvalue weighted by Gasteiger charge is -2.24. The number of hydrogen-bond acceptors (Lipinski definition) is 4. The van der Waals surface area contributed by atoms with Gasteiger partial charge in [0.25, 0.3) is 0 Å². The first-order valence-electron chi connectivity index (χ1n) is 9.61. The minimum Gasteiger partial charge on any atom is -0.497 e. The molecule has 2 heterocycles. The zero-order valence-corrected chi connectivity index (χ0v) is 16.9. The number of likely N-dealkylation sites (N-methyl/N-ethyl adjacent to an activating group) is 1. The fraction of sp³-hybridized carbons (Fsp3) is 0.364. The number of benzene rings is 2. The number of carbonyl (C=O) groups is 2. The van der Waals surface area contributed by atoms with E-state index in [1.165, 1.54) is 0 Å². The van der Waals surface area contributed by atoms with Crippen molar-refractivity contribution in [2.24, 2.45) is 0 Å². The Morgan fingerprint density at radius 1 is 1.14 bits per heavy atom. The summed E-state index contributed by atoms with van der Waals surface area (Å²) in [5.41, 5.74) is 2.08. The van der Waals surface area contributed by atoms with E-state index in [1.54, 1.807) is 31.1 Å². The number of ether oxygens (including phenoxy) is 2. The van der Waals surface area contributed by atoms with Crippen LogP contribution in [0.3, 0.4) is 0 Å². The molecule has 0 unspecified atom stereocenters. The van der Waals surface area contributed by atoms with Crippen molar-refractivity contribution in [3.8, 4) is 11.5 Å². The molecule has 4 rings (SSSR count). The van der Waals surface area contributed by atoms with E-state index in [2.05, 4.69) is 5.32 Å². The molecule has 1 saturated heterocycles. The predicted molar refractivity (Wildman–Crippen MR) is 110 cm³/mol. The standard InChI is InChI=1S/C22H25N3O4/c1-24-19-8-7-17(29-3)12-18(19)22(20(24)26)9-10-25(14-22)21(27)23-13-15-5-4-6-16(11-15)28-2/h4-8,11-12H,9-10,13-14H2,1-3H3,(H,23,27)/t22-/m0/s1. The van der Waals surface area contributed by atoms with E-state index in [0.29, 0.717) is 31.8 Å². The van der Waals surface area contributed by atoms with Crippen LogP contribution in [0.4, 0.5) is 10.5 Å². The van der Waals surface area contributed by atoms with Crippen LogP contribution in [-0.4, -0.2) is 51.2 Å². The summed E-state index contributed by atoms with van der Waals surface area (Å²) in [6.45, 7) is 1.29. The highest BCUT2D eigenvalue weighted by atomic mass is 16.5. The van der Waals surface area contributed by atoms with E-state index < -0.39 is 5.41 Å². The molecule has 152 valence electrons. The first-order valence-corrected chi connectivity index (χ1v) is 9.61. The lowest BCUT2D eigenvalue weighted by atomic mass is 9.81. The number of anilines is 1. The van der Waals surface area contributed by atoms with Crippen LogP contribution < -0.4 is 19.7 Å². The molecule has 3 amide bonds. The normalized spacial score (nSPS) is 20.2. The molecule has 1 spiro atoms. The number of methoxy groups -OCH3 is 2. The molecule has 2 aliphatic rings. The molecule has 1 N–H and O–H groups in total. The molecular formula is C22H25N3O4. The molecule has 0 bridgehead atoms. The van der Waals surface area contributed by atoms with Crippen LogP contribution in [0.15, 0.2) is 42.5 Å². The van der Waals surface area contributed by atoms with Crippen LogP contribution in [0, 0.1) is 0 Å². The van der Waals surface area contributed by atoms with Gasteiger partial charge in [0.15, 0.2) is 0 Å². The number of fused-ring (bicyclic) bond motifs is 2. The number of carbonyl (C=O) groups excluding carboxylic acids is 2. The Hall–Kier alpha value is -3.22. The van der Waals surface area contributed by atoms with Gasteiger partial charge in [-0.2, -0.15) is 0 Å². The number of amides is 3. The summed E-state index contributed by atoms with van der Waals surface area (Å²) >= 11 is 0. The van der Waals surface area contributed by atoms with E-state index in [9.17, 15) is 9.59 Å². The molecule has 29 heavy (non-hydrogen) atoms. The summed E-state index contributed by atoms with van der Waals surface area (Å²) in [5, 5.41) is 2.95. The van der Waals surface area contributed by atoms with Crippen molar-refractivity contribution in [3.63, 3.8) is 0 Å². The number of urea groups is 1. The third-order valence-electron chi connectivity index (χ3n) is 5.93. The highest BCUT2D eigenvalue weighted by Gasteiger charge is 2.54. The van der Waals surface area contributed by atoms with Gasteiger partial charge in [-0.05, 0) is 47.9 Å². The molecule has 0 aromatic heterocycles. The number of likely N-dealkylation sites (tertiary alicyclic amines) is 1. The van der Waals surface area contributed by atoms with Crippen molar-refractivity contribution in [3.05, 3.63) is 53.6 Å². The second-order valence-electron chi connectivity index (χ2n) is 7.51. The zero-order valence-electron chi connectivity index (χ0n) is 16.9. The highest BCUT2D eigenvalue weighted by Crippen LogP contribution is 2.47. The minimum atomic E-state index is -0.702. The number of hydrogen-bond donors (Lipinski definition) is 1. The quantitative estimate of drug-likeness (QED) is 0.864. The van der Waals surface area contributed by atoms with E-state index >= 15 is 0 Å². The summed E-state index contributed by atoms with van der Waals surface area (Å²) in [7, 11) is 5.01. The van der Waals surface area contributed by atoms with Crippen molar-refractivity contribution in [2.45, 2.75) is 18.4 Å². The lowest BCUT2D eigenvalue weighted by Crippen LogP contribution is -2.44. The van der Waals surface area contributed by atoms with Crippen molar-refractivity contribution in [1.29, 1.82) is 0 Å². The molecule has 1 fully saturated rings. The lowest BCUT2D eigenvalue weighted by molar-refractivity contribution is -0.122. The fourth-order valence-electron chi connectivity index (χ4n) is 4.31. The van der Waals surface area contributed by atoms with Gasteiger partial charge in [0.1, 0.15) is 11.5 Å². The third kappa shape index (κ3) is 3.16. The van der Waals surface area contributed by atoms with Gasteiger partial charge in [-0.3, -0.25) is 4.79 Å². The molecule has 7 nitrogen and oxygen atoms in total. The van der Waals surface area contributed by atoms with Gasteiger partial charge in [-0.1, -0.05) is 12.1 Å². The maximum absolute atomic E-state index is 13.1. The first kappa shape index (κ1) is 19.1. The van der Waals surface area contributed by atoms with Crippen molar-refractivity contribution in [2.75, 3.05) is 39.3 Å². The second kappa shape index (κ2) is 7.31. The Labute approximate surface area is 170 Å². The number of rotatable bonds is 4. The van der Waals surface area contributed by atoms with E-state index in [1.807, 2.05) is 42.5 Å². The fourth-order valence-corrected chi connectivity index (χ4v) is 4.31. The molecule has 2 aliphatic heterocycles. The molecule has 0 saturated carbocycles. The van der Waals surface area contributed by atoms with Gasteiger partial charge in [0, 0.05) is 32.4 Å². The minimum absolute atomic E-state index is 0.0313. The van der Waals surface area contributed by atoms with Crippen LogP contribution in [-0.2, 0) is 16.8 Å². The van der Waals surface area contributed by atoms with Gasteiger partial charge in [0.2, 0.25) is 5.91 Å². The zero-order chi connectivity index (χ0) is 20.6. The monoisotopic (exact) mass is 395 g/mol. The topological polar surface area (TPSA) is 71.1 Å². The summed E-state index contributed by atoms with van der Waals surface area (Å²) in [5.74, 6) is 1.50. The molecule has 7 heteroatoms. The van der Waals surface area contributed by atoms with Gasteiger partial charge >= 0.3 is 6.03 Å². The van der Waals surface area contributed by atoms with Crippen LogP contribution in [0.2, 0.25) is 0 Å². The van der Waals surface area contributed by atoms with Crippen LogP contribution >= 0.6 is 0 Å². The third-order valence-corrected chi connectivity index (χ3v) is 5.93. The molecule has 2 aromatic rings. The Balaban J connectivity index is 1.50. The van der Waals surface area contributed by atoms with Crippen LogP contribution in [0.5, 0.6) is 11.5 Å². The van der Waals surface area contributed by atoms with Gasteiger partial charge < -0.3 is 24.6 Å². The van der Waals surface area contributed by atoms with Gasteiger partial charge in [0.05, 0.1) is 19.6 Å². The predicted octanol–water partition coefficient (Wildman–Crippen LogP) is 2.53. The van der Waals surface area contributed by atoms with E-state index in [4.69, 9.17) is 9.47 Å². The average Bonchev–Trinajstić information content (AvgIpc) is 3.29. The Morgan fingerprint density at radius 2 is 1.90 bits per heavy atom.